The number of hydrogen-bond donors (Lipinski definition) is 2. The fourth-order valence-electron chi connectivity index (χ4n) is 2.29. The number of carboxylic acid groups (broad SMARTS) is 1. The van der Waals surface area contributed by atoms with Crippen LogP contribution in [0.25, 0.3) is 0 Å². The van der Waals surface area contributed by atoms with Crippen molar-refractivity contribution in [1.29, 1.82) is 0 Å². The average Bonchev–Trinajstić information content (AvgIpc) is 2.77. The van der Waals surface area contributed by atoms with Gasteiger partial charge < -0.3 is 10.4 Å². The summed E-state index contributed by atoms with van der Waals surface area (Å²) in [5.41, 5.74) is 0.507. The molecule has 2 unspecified atom stereocenters. The minimum atomic E-state index is -2.53. The summed E-state index contributed by atoms with van der Waals surface area (Å²) in [6.07, 6.45) is -1.94. The largest absolute Gasteiger partial charge is 0.481 e. The van der Waals surface area contributed by atoms with Gasteiger partial charge in [-0.05, 0) is 29.3 Å². The molecule has 1 aromatic heterocycles. The molecule has 3 nitrogen and oxygen atoms in total. The van der Waals surface area contributed by atoms with Crippen molar-refractivity contribution in [3.05, 3.63) is 21.9 Å². The smallest absolute Gasteiger partial charge is 0.308 e. The van der Waals surface area contributed by atoms with Crippen molar-refractivity contribution < 1.29 is 18.7 Å². The summed E-state index contributed by atoms with van der Waals surface area (Å²) in [7, 11) is 0. The first kappa shape index (κ1) is 12.4. The van der Waals surface area contributed by atoms with Gasteiger partial charge in [-0.3, -0.25) is 4.79 Å². The molecule has 2 N–H and O–H groups in total. The third-order valence-electron chi connectivity index (χ3n) is 3.16. The summed E-state index contributed by atoms with van der Waals surface area (Å²) in [5.74, 6) is -1.84. The van der Waals surface area contributed by atoms with Crippen molar-refractivity contribution in [3.8, 4) is 0 Å². The van der Waals surface area contributed by atoms with Crippen molar-refractivity contribution in [2.75, 3.05) is 13.1 Å². The lowest BCUT2D eigenvalue weighted by molar-refractivity contribution is -0.143. The van der Waals surface area contributed by atoms with Gasteiger partial charge in [-0.15, -0.1) is 0 Å². The lowest BCUT2D eigenvalue weighted by Gasteiger charge is -2.29. The summed E-state index contributed by atoms with van der Waals surface area (Å²) < 4.78 is 25.6. The van der Waals surface area contributed by atoms with Gasteiger partial charge in [-0.25, -0.2) is 8.78 Å². The van der Waals surface area contributed by atoms with Gasteiger partial charge in [0.2, 0.25) is 0 Å². The van der Waals surface area contributed by atoms with Crippen LogP contribution < -0.4 is 5.32 Å². The maximum Gasteiger partial charge on any atom is 0.308 e. The first-order valence-corrected chi connectivity index (χ1v) is 6.33. The molecule has 6 heteroatoms. The number of carbonyl (C=O) groups is 1. The van der Waals surface area contributed by atoms with E-state index in [9.17, 15) is 13.6 Å². The van der Waals surface area contributed by atoms with E-state index >= 15 is 0 Å². The first-order chi connectivity index (χ1) is 8.11. The zero-order chi connectivity index (χ0) is 12.4. The Labute approximate surface area is 101 Å². The van der Waals surface area contributed by atoms with E-state index in [1.807, 2.05) is 0 Å². The molecule has 1 aromatic rings. The molecule has 2 heterocycles. The van der Waals surface area contributed by atoms with Gasteiger partial charge in [0.05, 0.1) is 5.92 Å². The van der Waals surface area contributed by atoms with Crippen molar-refractivity contribution in [2.24, 2.45) is 5.92 Å². The van der Waals surface area contributed by atoms with Crippen molar-refractivity contribution in [3.63, 3.8) is 0 Å². The summed E-state index contributed by atoms with van der Waals surface area (Å²) >= 11 is 1.21. The van der Waals surface area contributed by atoms with Crippen LogP contribution in [0.2, 0.25) is 0 Å². The van der Waals surface area contributed by atoms with Crippen LogP contribution in [0.1, 0.15) is 29.9 Å². The maximum absolute atomic E-state index is 12.8. The van der Waals surface area contributed by atoms with Crippen LogP contribution >= 0.6 is 11.3 Å². The van der Waals surface area contributed by atoms with Crippen LogP contribution in [0.15, 0.2) is 10.8 Å². The minimum absolute atomic E-state index is 0.00634. The molecule has 2 atom stereocenters. The van der Waals surface area contributed by atoms with Crippen LogP contribution in [-0.2, 0) is 4.79 Å². The quantitative estimate of drug-likeness (QED) is 0.878. The Bertz CT molecular complexity index is 408. The van der Waals surface area contributed by atoms with Gasteiger partial charge in [-0.1, -0.05) is 0 Å². The Balaban J connectivity index is 2.29. The number of alkyl halides is 2. The average molecular weight is 261 g/mol. The molecular weight excluding hydrogens is 248 g/mol. The predicted molar refractivity (Wildman–Crippen MR) is 60.6 cm³/mol. The third kappa shape index (κ3) is 2.47. The van der Waals surface area contributed by atoms with Crippen LogP contribution in [0.4, 0.5) is 8.78 Å². The Morgan fingerprint density at radius 2 is 2.29 bits per heavy atom. The van der Waals surface area contributed by atoms with Gasteiger partial charge in [0.15, 0.2) is 0 Å². The van der Waals surface area contributed by atoms with Gasteiger partial charge in [0.1, 0.15) is 0 Å². The molecule has 2 rings (SSSR count). The number of halogens is 2. The van der Waals surface area contributed by atoms with E-state index in [1.165, 1.54) is 16.7 Å². The monoisotopic (exact) mass is 261 g/mol. The molecule has 0 aliphatic carbocycles. The number of rotatable bonds is 3. The van der Waals surface area contributed by atoms with E-state index in [-0.39, 0.29) is 11.5 Å². The van der Waals surface area contributed by atoms with E-state index in [4.69, 9.17) is 5.11 Å². The second kappa shape index (κ2) is 5.10. The number of aliphatic carboxylic acids is 1. The predicted octanol–water partition coefficient (Wildman–Crippen LogP) is 2.46. The molecule has 1 aliphatic rings. The van der Waals surface area contributed by atoms with Gasteiger partial charge in [0, 0.05) is 18.0 Å². The normalized spacial score (nSPS) is 25.1. The second-order valence-corrected chi connectivity index (χ2v) is 4.87. The van der Waals surface area contributed by atoms with E-state index in [0.29, 0.717) is 25.1 Å². The standard InChI is InChI=1S/C11H13F2NO2S/c12-10(13)9-5-17-4-8(9)6-1-2-14-3-7(6)11(15)16/h4-7,10,14H,1-3H2,(H,15,16). The lowest BCUT2D eigenvalue weighted by Crippen LogP contribution is -2.39. The van der Waals surface area contributed by atoms with Crippen LogP contribution in [0.5, 0.6) is 0 Å². The maximum atomic E-state index is 12.8. The topological polar surface area (TPSA) is 49.3 Å². The molecule has 1 aliphatic heterocycles. The van der Waals surface area contributed by atoms with Crippen LogP contribution in [-0.4, -0.2) is 24.2 Å². The van der Waals surface area contributed by atoms with Crippen molar-refractivity contribution >= 4 is 17.3 Å². The zero-order valence-corrected chi connectivity index (χ0v) is 9.84. The summed E-state index contributed by atoms with van der Waals surface area (Å²) in [6, 6.07) is 0. The van der Waals surface area contributed by atoms with Gasteiger partial charge in [0.25, 0.3) is 6.43 Å². The molecule has 0 amide bonds. The van der Waals surface area contributed by atoms with E-state index in [0.717, 1.165) is 0 Å². The highest BCUT2D eigenvalue weighted by molar-refractivity contribution is 7.08. The fourth-order valence-corrected chi connectivity index (χ4v) is 3.20. The Morgan fingerprint density at radius 3 is 2.94 bits per heavy atom. The highest BCUT2D eigenvalue weighted by atomic mass is 32.1. The number of hydrogen-bond acceptors (Lipinski definition) is 3. The minimum Gasteiger partial charge on any atom is -0.481 e. The van der Waals surface area contributed by atoms with Crippen molar-refractivity contribution in [1.82, 2.24) is 5.32 Å². The molecule has 0 radical (unpaired) electrons. The van der Waals surface area contributed by atoms with Gasteiger partial charge in [-0.2, -0.15) is 11.3 Å². The van der Waals surface area contributed by atoms with E-state index < -0.39 is 18.3 Å². The Hall–Kier alpha value is -1.01. The lowest BCUT2D eigenvalue weighted by atomic mass is 9.81. The fraction of sp³-hybridized carbons (Fsp3) is 0.545. The molecule has 17 heavy (non-hydrogen) atoms. The molecule has 0 saturated carbocycles. The van der Waals surface area contributed by atoms with Crippen LogP contribution in [0.3, 0.4) is 0 Å². The number of piperidine rings is 1. The number of carboxylic acids is 1. The zero-order valence-electron chi connectivity index (χ0n) is 9.03. The summed E-state index contributed by atoms with van der Waals surface area (Å²) in [6.45, 7) is 1.02. The summed E-state index contributed by atoms with van der Waals surface area (Å²) in [5, 5.41) is 15.2. The molecule has 0 aromatic carbocycles. The molecular formula is C11H13F2NO2S. The van der Waals surface area contributed by atoms with Crippen LogP contribution in [0, 0.1) is 5.92 Å². The van der Waals surface area contributed by atoms with E-state index in [1.54, 1.807) is 5.38 Å². The molecule has 94 valence electrons. The number of thiophene rings is 1. The highest BCUT2D eigenvalue weighted by Crippen LogP contribution is 2.38. The molecule has 0 bridgehead atoms. The Kier molecular flexibility index (Phi) is 3.73. The number of nitrogens with one attached hydrogen (secondary N) is 1. The third-order valence-corrected chi connectivity index (χ3v) is 3.94. The molecule has 1 fully saturated rings. The molecule has 0 spiro atoms. The summed E-state index contributed by atoms with van der Waals surface area (Å²) in [4.78, 5) is 11.1. The highest BCUT2D eigenvalue weighted by Gasteiger charge is 2.34. The van der Waals surface area contributed by atoms with Gasteiger partial charge >= 0.3 is 5.97 Å². The second-order valence-electron chi connectivity index (χ2n) is 4.13. The first-order valence-electron chi connectivity index (χ1n) is 5.39. The van der Waals surface area contributed by atoms with E-state index in [2.05, 4.69) is 5.32 Å². The Morgan fingerprint density at radius 1 is 1.53 bits per heavy atom. The van der Waals surface area contributed by atoms with Crippen molar-refractivity contribution in [2.45, 2.75) is 18.8 Å². The SMILES string of the molecule is O=C(O)C1CNCCC1c1cscc1C(F)F. The molecule has 1 saturated heterocycles.